The van der Waals surface area contributed by atoms with E-state index in [1.54, 1.807) is 24.3 Å². The molecule has 0 radical (unpaired) electrons. The van der Waals surface area contributed by atoms with Crippen LogP contribution >= 0.6 is 0 Å². The molecule has 0 aliphatic carbocycles. The van der Waals surface area contributed by atoms with Crippen molar-refractivity contribution in [1.29, 1.82) is 0 Å². The molecule has 3 aromatic carbocycles. The Labute approximate surface area is 152 Å². The molecule has 3 aromatic rings. The highest BCUT2D eigenvalue weighted by Gasteiger charge is 2.19. The predicted octanol–water partition coefficient (Wildman–Crippen LogP) is 4.30. The molecule has 0 aromatic heterocycles. The Morgan fingerprint density at radius 3 is 1.88 bits per heavy atom. The van der Waals surface area contributed by atoms with Gasteiger partial charge in [-0.2, -0.15) is 0 Å². The highest BCUT2D eigenvalue weighted by molar-refractivity contribution is 5.94. The number of carbonyl (C=O) groups excluding carboxylic acids is 1. The molecular formula is C22H19NO3. The summed E-state index contributed by atoms with van der Waals surface area (Å²) in [7, 11) is 0. The first-order chi connectivity index (χ1) is 12.6. The van der Waals surface area contributed by atoms with Crippen LogP contribution in [0, 0.1) is 0 Å². The third-order valence-electron chi connectivity index (χ3n) is 4.14. The van der Waals surface area contributed by atoms with E-state index < -0.39 is 12.0 Å². The maximum atomic E-state index is 12.4. The predicted molar refractivity (Wildman–Crippen MR) is 101 cm³/mol. The Balaban J connectivity index is 1.81. The van der Waals surface area contributed by atoms with Gasteiger partial charge in [-0.3, -0.25) is 9.59 Å². The number of carboxylic acid groups (broad SMARTS) is 1. The van der Waals surface area contributed by atoms with Gasteiger partial charge >= 0.3 is 5.97 Å². The smallest absolute Gasteiger partial charge is 0.305 e. The first-order valence-corrected chi connectivity index (χ1v) is 8.36. The second-order valence-electron chi connectivity index (χ2n) is 5.98. The van der Waals surface area contributed by atoms with Crippen molar-refractivity contribution in [3.05, 3.63) is 96.1 Å². The van der Waals surface area contributed by atoms with Crippen molar-refractivity contribution < 1.29 is 14.7 Å². The lowest BCUT2D eigenvalue weighted by Crippen LogP contribution is -2.30. The van der Waals surface area contributed by atoms with E-state index in [1.807, 2.05) is 60.7 Å². The number of rotatable bonds is 6. The molecule has 26 heavy (non-hydrogen) atoms. The Morgan fingerprint density at radius 2 is 1.31 bits per heavy atom. The topological polar surface area (TPSA) is 66.4 Å². The molecule has 1 unspecified atom stereocenters. The fourth-order valence-electron chi connectivity index (χ4n) is 2.80. The first kappa shape index (κ1) is 17.4. The van der Waals surface area contributed by atoms with E-state index >= 15 is 0 Å². The number of hydrogen-bond donors (Lipinski definition) is 2. The SMILES string of the molecule is O=C(O)CC(NC(=O)c1ccccc1)c1ccc(-c2ccccc2)cc1. The lowest BCUT2D eigenvalue weighted by atomic mass is 9.99. The molecule has 130 valence electrons. The molecule has 4 nitrogen and oxygen atoms in total. The summed E-state index contributed by atoms with van der Waals surface area (Å²) < 4.78 is 0. The van der Waals surface area contributed by atoms with E-state index in [1.165, 1.54) is 0 Å². The van der Waals surface area contributed by atoms with Gasteiger partial charge in [-0.05, 0) is 28.8 Å². The molecular weight excluding hydrogens is 326 g/mol. The zero-order valence-electron chi connectivity index (χ0n) is 14.1. The molecule has 0 heterocycles. The second kappa shape index (κ2) is 8.12. The largest absolute Gasteiger partial charge is 0.481 e. The summed E-state index contributed by atoms with van der Waals surface area (Å²) in [6.45, 7) is 0. The summed E-state index contributed by atoms with van der Waals surface area (Å²) in [5, 5.41) is 12.0. The number of carboxylic acids is 1. The standard InChI is InChI=1S/C22H19NO3/c24-21(25)15-20(23-22(26)19-9-5-2-6-10-19)18-13-11-17(12-14-18)16-7-3-1-4-8-16/h1-14,20H,15H2,(H,23,26)(H,24,25). The number of amides is 1. The molecule has 0 fully saturated rings. The van der Waals surface area contributed by atoms with Crippen LogP contribution in [0.3, 0.4) is 0 Å². The molecule has 0 aliphatic rings. The average molecular weight is 345 g/mol. The van der Waals surface area contributed by atoms with Gasteiger partial charge in [0.15, 0.2) is 0 Å². The van der Waals surface area contributed by atoms with Gasteiger partial charge in [-0.1, -0.05) is 72.8 Å². The zero-order valence-corrected chi connectivity index (χ0v) is 14.1. The molecule has 0 saturated carbocycles. The molecule has 0 aliphatic heterocycles. The van der Waals surface area contributed by atoms with Crippen molar-refractivity contribution in [2.24, 2.45) is 0 Å². The maximum Gasteiger partial charge on any atom is 0.305 e. The van der Waals surface area contributed by atoms with Crippen LogP contribution < -0.4 is 5.32 Å². The Bertz CT molecular complexity index is 874. The minimum Gasteiger partial charge on any atom is -0.481 e. The van der Waals surface area contributed by atoms with Crippen LogP contribution in [0.25, 0.3) is 11.1 Å². The monoisotopic (exact) mass is 345 g/mol. The van der Waals surface area contributed by atoms with Gasteiger partial charge in [0.05, 0.1) is 12.5 Å². The van der Waals surface area contributed by atoms with Crippen molar-refractivity contribution in [3.8, 4) is 11.1 Å². The van der Waals surface area contributed by atoms with Crippen LogP contribution in [0.2, 0.25) is 0 Å². The van der Waals surface area contributed by atoms with E-state index in [4.69, 9.17) is 0 Å². The van der Waals surface area contributed by atoms with E-state index in [9.17, 15) is 14.7 Å². The second-order valence-corrected chi connectivity index (χ2v) is 5.98. The van der Waals surface area contributed by atoms with Crippen molar-refractivity contribution in [3.63, 3.8) is 0 Å². The quantitative estimate of drug-likeness (QED) is 0.700. The summed E-state index contributed by atoms with van der Waals surface area (Å²) in [5.41, 5.74) is 3.39. The van der Waals surface area contributed by atoms with Crippen molar-refractivity contribution in [2.45, 2.75) is 12.5 Å². The highest BCUT2D eigenvalue weighted by atomic mass is 16.4. The van der Waals surface area contributed by atoms with Crippen LogP contribution in [0.1, 0.15) is 28.4 Å². The van der Waals surface area contributed by atoms with Gasteiger partial charge < -0.3 is 10.4 Å². The van der Waals surface area contributed by atoms with Crippen LogP contribution in [0.4, 0.5) is 0 Å². The van der Waals surface area contributed by atoms with Crippen LogP contribution in [0.15, 0.2) is 84.9 Å². The molecule has 0 bridgehead atoms. The number of nitrogens with one attached hydrogen (secondary N) is 1. The zero-order chi connectivity index (χ0) is 18.4. The van der Waals surface area contributed by atoms with Gasteiger partial charge in [0, 0.05) is 5.56 Å². The first-order valence-electron chi connectivity index (χ1n) is 8.36. The lowest BCUT2D eigenvalue weighted by Gasteiger charge is -2.18. The van der Waals surface area contributed by atoms with E-state index in [-0.39, 0.29) is 12.3 Å². The number of aliphatic carboxylic acids is 1. The van der Waals surface area contributed by atoms with Crippen LogP contribution in [-0.4, -0.2) is 17.0 Å². The van der Waals surface area contributed by atoms with Gasteiger partial charge in [0.1, 0.15) is 0 Å². The fraction of sp³-hybridized carbons (Fsp3) is 0.0909. The minimum absolute atomic E-state index is 0.177. The molecule has 2 N–H and O–H groups in total. The molecule has 4 heteroatoms. The Hall–Kier alpha value is -3.40. The average Bonchev–Trinajstić information content (AvgIpc) is 2.68. The van der Waals surface area contributed by atoms with Crippen molar-refractivity contribution in [1.82, 2.24) is 5.32 Å². The molecule has 3 rings (SSSR count). The van der Waals surface area contributed by atoms with Gasteiger partial charge in [0.25, 0.3) is 5.91 Å². The number of carbonyl (C=O) groups is 2. The third kappa shape index (κ3) is 4.36. The molecule has 1 amide bonds. The Kier molecular flexibility index (Phi) is 5.44. The van der Waals surface area contributed by atoms with E-state index in [2.05, 4.69) is 5.32 Å². The maximum absolute atomic E-state index is 12.4. The van der Waals surface area contributed by atoms with Crippen LogP contribution in [-0.2, 0) is 4.79 Å². The normalized spacial score (nSPS) is 11.5. The summed E-state index contributed by atoms with van der Waals surface area (Å²) in [6.07, 6.45) is -0.177. The Morgan fingerprint density at radius 1 is 0.769 bits per heavy atom. The highest BCUT2D eigenvalue weighted by Crippen LogP contribution is 2.23. The van der Waals surface area contributed by atoms with Gasteiger partial charge in [-0.15, -0.1) is 0 Å². The fourth-order valence-corrected chi connectivity index (χ4v) is 2.80. The number of benzene rings is 3. The van der Waals surface area contributed by atoms with Crippen LogP contribution in [0.5, 0.6) is 0 Å². The lowest BCUT2D eigenvalue weighted by molar-refractivity contribution is -0.137. The van der Waals surface area contributed by atoms with Crippen molar-refractivity contribution in [2.75, 3.05) is 0 Å². The molecule has 0 saturated heterocycles. The minimum atomic E-state index is -0.963. The summed E-state index contributed by atoms with van der Waals surface area (Å²) in [4.78, 5) is 23.6. The van der Waals surface area contributed by atoms with Gasteiger partial charge in [-0.25, -0.2) is 0 Å². The van der Waals surface area contributed by atoms with E-state index in [0.717, 1.165) is 16.7 Å². The third-order valence-corrected chi connectivity index (χ3v) is 4.14. The molecule has 1 atom stereocenters. The summed E-state index contributed by atoms with van der Waals surface area (Å²) >= 11 is 0. The summed E-state index contributed by atoms with van der Waals surface area (Å²) in [5.74, 6) is -1.25. The number of hydrogen-bond acceptors (Lipinski definition) is 2. The van der Waals surface area contributed by atoms with E-state index in [0.29, 0.717) is 5.56 Å². The molecule has 0 spiro atoms. The van der Waals surface area contributed by atoms with Crippen molar-refractivity contribution >= 4 is 11.9 Å². The summed E-state index contributed by atoms with van der Waals surface area (Å²) in [6, 6.07) is 25.7. The van der Waals surface area contributed by atoms with Gasteiger partial charge in [0.2, 0.25) is 0 Å².